The summed E-state index contributed by atoms with van der Waals surface area (Å²) in [5, 5.41) is 0.204. The van der Waals surface area contributed by atoms with Gasteiger partial charge in [-0.3, -0.25) is 0 Å². The van der Waals surface area contributed by atoms with E-state index in [1.54, 1.807) is 7.11 Å². The zero-order valence-corrected chi connectivity index (χ0v) is 18.1. The van der Waals surface area contributed by atoms with Crippen LogP contribution in [-0.4, -0.2) is 28.1 Å². The Labute approximate surface area is 155 Å². The van der Waals surface area contributed by atoms with Crippen LogP contribution in [0.1, 0.15) is 39.7 Å². The van der Waals surface area contributed by atoms with Gasteiger partial charge in [0, 0.05) is 6.61 Å². The van der Waals surface area contributed by atoms with Crippen LogP contribution in [0, 0.1) is 5.92 Å². The Morgan fingerprint density at radius 3 is 2.24 bits per heavy atom. The molecule has 0 aromatic heterocycles. The first-order chi connectivity index (χ1) is 11.6. The molecular weight excluding hydrogens is 328 g/mol. The highest BCUT2D eigenvalue weighted by molar-refractivity contribution is 6.74. The third-order valence-electron chi connectivity index (χ3n) is 5.18. The van der Waals surface area contributed by atoms with E-state index < -0.39 is 8.32 Å². The van der Waals surface area contributed by atoms with Crippen LogP contribution in [0.2, 0.25) is 18.1 Å². The summed E-state index contributed by atoms with van der Waals surface area (Å²) in [5.74, 6) is 1.19. The molecular formula is C21H36O3Si. The molecule has 0 spiro atoms. The largest absolute Gasteiger partial charge is 0.497 e. The van der Waals surface area contributed by atoms with Crippen LogP contribution in [0.15, 0.2) is 36.9 Å². The highest BCUT2D eigenvalue weighted by Gasteiger charge is 2.39. The van der Waals surface area contributed by atoms with E-state index in [0.717, 1.165) is 17.7 Å². The first-order valence-corrected chi connectivity index (χ1v) is 12.0. The predicted octanol–water partition coefficient (Wildman–Crippen LogP) is 5.81. The number of ether oxygens (including phenoxy) is 2. The van der Waals surface area contributed by atoms with Crippen molar-refractivity contribution in [3.8, 4) is 5.75 Å². The molecule has 0 bridgehead atoms. The second-order valence-electron chi connectivity index (χ2n) is 8.20. The highest BCUT2D eigenvalue weighted by Crippen LogP contribution is 2.38. The Morgan fingerprint density at radius 1 is 1.16 bits per heavy atom. The number of hydrogen-bond acceptors (Lipinski definition) is 3. The van der Waals surface area contributed by atoms with Crippen LogP contribution in [0.3, 0.4) is 0 Å². The van der Waals surface area contributed by atoms with Crippen LogP contribution in [0.5, 0.6) is 5.75 Å². The van der Waals surface area contributed by atoms with Gasteiger partial charge in [-0.1, -0.05) is 45.9 Å². The number of rotatable bonds is 10. The van der Waals surface area contributed by atoms with E-state index in [1.807, 2.05) is 30.3 Å². The van der Waals surface area contributed by atoms with Gasteiger partial charge in [0.1, 0.15) is 5.75 Å². The molecule has 0 fully saturated rings. The van der Waals surface area contributed by atoms with Gasteiger partial charge in [0.2, 0.25) is 0 Å². The van der Waals surface area contributed by atoms with Crippen LogP contribution in [0.25, 0.3) is 0 Å². The Hall–Kier alpha value is -1.10. The van der Waals surface area contributed by atoms with Crippen molar-refractivity contribution in [1.29, 1.82) is 0 Å². The minimum absolute atomic E-state index is 0.161. The van der Waals surface area contributed by atoms with Gasteiger partial charge in [-0.05, 0) is 48.2 Å². The van der Waals surface area contributed by atoms with Gasteiger partial charge in [-0.25, -0.2) is 0 Å². The molecule has 0 heterocycles. The topological polar surface area (TPSA) is 27.7 Å². The molecule has 0 aliphatic rings. The van der Waals surface area contributed by atoms with Crippen molar-refractivity contribution >= 4 is 8.32 Å². The van der Waals surface area contributed by atoms with Gasteiger partial charge in [0.05, 0.1) is 19.8 Å². The van der Waals surface area contributed by atoms with E-state index in [1.165, 1.54) is 0 Å². The normalized spacial score (nSPS) is 14.8. The van der Waals surface area contributed by atoms with Gasteiger partial charge in [-0.15, -0.1) is 6.58 Å². The first kappa shape index (κ1) is 21.9. The summed E-state index contributed by atoms with van der Waals surface area (Å²) in [5.41, 5.74) is 1.15. The third-order valence-corrected chi connectivity index (χ3v) is 9.69. The molecule has 0 saturated carbocycles. The molecule has 2 atom stereocenters. The van der Waals surface area contributed by atoms with Crippen molar-refractivity contribution in [1.82, 2.24) is 0 Å². The van der Waals surface area contributed by atoms with Crippen molar-refractivity contribution in [2.24, 2.45) is 5.92 Å². The lowest BCUT2D eigenvalue weighted by molar-refractivity contribution is 0.0641. The predicted molar refractivity (Wildman–Crippen MR) is 109 cm³/mol. The van der Waals surface area contributed by atoms with Crippen LogP contribution >= 0.6 is 0 Å². The Balaban J connectivity index is 2.54. The summed E-state index contributed by atoms with van der Waals surface area (Å²) in [7, 11) is -0.124. The van der Waals surface area contributed by atoms with E-state index in [4.69, 9.17) is 13.9 Å². The van der Waals surface area contributed by atoms with E-state index in [-0.39, 0.29) is 11.1 Å². The number of methoxy groups -OCH3 is 1. The lowest BCUT2D eigenvalue weighted by Gasteiger charge is -2.40. The third kappa shape index (κ3) is 6.96. The average Bonchev–Trinajstić information content (AvgIpc) is 2.56. The number of benzene rings is 1. The lowest BCUT2D eigenvalue weighted by Crippen LogP contribution is -2.45. The van der Waals surface area contributed by atoms with Gasteiger partial charge in [-0.2, -0.15) is 0 Å². The molecule has 0 aliphatic carbocycles. The summed E-state index contributed by atoms with van der Waals surface area (Å²) in [4.78, 5) is 0. The van der Waals surface area contributed by atoms with E-state index in [2.05, 4.69) is 47.4 Å². The molecule has 1 rings (SSSR count). The number of hydrogen-bond donors (Lipinski definition) is 0. The fourth-order valence-electron chi connectivity index (χ4n) is 2.25. The molecule has 0 radical (unpaired) electrons. The maximum atomic E-state index is 6.61. The SMILES string of the molecule is C=CC(C)C(CCOCc1ccc(OC)cc1)O[Si](C)(C)C(C)(C)C. The van der Waals surface area contributed by atoms with Crippen molar-refractivity contribution < 1.29 is 13.9 Å². The smallest absolute Gasteiger partial charge is 0.192 e. The van der Waals surface area contributed by atoms with Crippen LogP contribution in [0.4, 0.5) is 0 Å². The van der Waals surface area contributed by atoms with Crippen molar-refractivity contribution in [3.63, 3.8) is 0 Å². The monoisotopic (exact) mass is 364 g/mol. The summed E-state index contributed by atoms with van der Waals surface area (Å²) >= 11 is 0. The molecule has 2 unspecified atom stereocenters. The fraction of sp³-hybridized carbons (Fsp3) is 0.619. The summed E-state index contributed by atoms with van der Waals surface area (Å²) in [6.07, 6.45) is 3.03. The van der Waals surface area contributed by atoms with E-state index >= 15 is 0 Å². The second-order valence-corrected chi connectivity index (χ2v) is 13.0. The van der Waals surface area contributed by atoms with Crippen molar-refractivity contribution in [3.05, 3.63) is 42.5 Å². The molecule has 0 N–H and O–H groups in total. The first-order valence-electron chi connectivity index (χ1n) is 9.11. The van der Waals surface area contributed by atoms with Crippen LogP contribution in [-0.2, 0) is 15.8 Å². The van der Waals surface area contributed by atoms with Gasteiger partial charge < -0.3 is 13.9 Å². The standard InChI is InChI=1S/C21H36O3Si/c1-9-17(2)20(24-25(7,8)21(3,4)5)14-15-23-16-18-10-12-19(22-6)13-11-18/h9-13,17,20H,1,14-16H2,2-8H3. The minimum Gasteiger partial charge on any atom is -0.497 e. The van der Waals surface area contributed by atoms with E-state index in [9.17, 15) is 0 Å². The minimum atomic E-state index is -1.80. The van der Waals surface area contributed by atoms with Gasteiger partial charge >= 0.3 is 0 Å². The van der Waals surface area contributed by atoms with Crippen molar-refractivity contribution in [2.75, 3.05) is 13.7 Å². The maximum Gasteiger partial charge on any atom is 0.192 e. The van der Waals surface area contributed by atoms with E-state index in [0.29, 0.717) is 19.1 Å². The Kier molecular flexibility index (Phi) is 8.38. The average molecular weight is 365 g/mol. The zero-order valence-electron chi connectivity index (χ0n) is 17.1. The highest BCUT2D eigenvalue weighted by atomic mass is 28.4. The zero-order chi connectivity index (χ0) is 19.1. The van der Waals surface area contributed by atoms with Gasteiger partial charge in [0.15, 0.2) is 8.32 Å². The molecule has 0 amide bonds. The molecule has 0 aliphatic heterocycles. The molecule has 25 heavy (non-hydrogen) atoms. The maximum absolute atomic E-state index is 6.61. The lowest BCUT2D eigenvalue weighted by atomic mass is 10.0. The van der Waals surface area contributed by atoms with Crippen LogP contribution < -0.4 is 4.74 Å². The molecule has 142 valence electrons. The Morgan fingerprint density at radius 2 is 1.76 bits per heavy atom. The Bertz CT molecular complexity index is 517. The summed E-state index contributed by atoms with van der Waals surface area (Å²) in [6.45, 7) is 18.8. The molecule has 3 nitrogen and oxygen atoms in total. The molecule has 4 heteroatoms. The van der Waals surface area contributed by atoms with Crippen molar-refractivity contribution in [2.45, 2.75) is 65.0 Å². The summed E-state index contributed by atoms with van der Waals surface area (Å²) < 4.78 is 17.7. The molecule has 0 saturated heterocycles. The quantitative estimate of drug-likeness (QED) is 0.298. The summed E-state index contributed by atoms with van der Waals surface area (Å²) in [6, 6.07) is 7.99. The fourth-order valence-corrected chi connectivity index (χ4v) is 3.69. The second kappa shape index (κ2) is 9.55. The molecule has 1 aromatic rings. The molecule has 1 aromatic carbocycles. The van der Waals surface area contributed by atoms with Gasteiger partial charge in [0.25, 0.3) is 0 Å².